The first-order valence-corrected chi connectivity index (χ1v) is 11.0. The molecule has 0 radical (unpaired) electrons. The number of benzene rings is 3. The Kier molecular flexibility index (Phi) is 9.29. The Morgan fingerprint density at radius 2 is 1.40 bits per heavy atom. The molecule has 9 nitrogen and oxygen atoms in total. The average Bonchev–Trinajstić information content (AvgIpc) is 2.88. The van der Waals surface area contributed by atoms with Crippen LogP contribution in [0.25, 0.3) is 0 Å². The van der Waals surface area contributed by atoms with Crippen molar-refractivity contribution in [2.24, 2.45) is 0 Å². The molecule has 0 unspecified atom stereocenters. The third-order valence-electron chi connectivity index (χ3n) is 4.63. The highest BCUT2D eigenvalue weighted by Crippen LogP contribution is 2.17. The minimum absolute atomic E-state index is 0.0956. The van der Waals surface area contributed by atoms with Crippen LogP contribution in [0.3, 0.4) is 0 Å². The maximum Gasteiger partial charge on any atom is 0.269 e. The first-order chi connectivity index (χ1) is 17.0. The van der Waals surface area contributed by atoms with Crippen LogP contribution < -0.4 is 26.2 Å². The first-order valence-electron chi connectivity index (χ1n) is 10.6. The number of anilines is 1. The van der Waals surface area contributed by atoms with E-state index in [4.69, 9.17) is 21.7 Å². The molecular weight excluding hydrogens is 468 g/mol. The molecule has 4 N–H and O–H groups in total. The van der Waals surface area contributed by atoms with Crippen molar-refractivity contribution >= 4 is 40.7 Å². The molecule has 0 spiro atoms. The molecule has 3 aromatic carbocycles. The number of hydrazine groups is 1. The van der Waals surface area contributed by atoms with Crippen LogP contribution in [0.1, 0.15) is 31.1 Å². The summed E-state index contributed by atoms with van der Waals surface area (Å²) in [6, 6.07) is 21.8. The molecule has 0 aliphatic carbocycles. The van der Waals surface area contributed by atoms with Crippen molar-refractivity contribution in [3.05, 3.63) is 95.6 Å². The molecule has 0 aliphatic heterocycles. The van der Waals surface area contributed by atoms with E-state index in [2.05, 4.69) is 21.5 Å². The lowest BCUT2D eigenvalue weighted by molar-refractivity contribution is 0.0933. The average molecular weight is 493 g/mol. The van der Waals surface area contributed by atoms with Crippen LogP contribution in [0.5, 0.6) is 5.75 Å². The van der Waals surface area contributed by atoms with E-state index in [0.29, 0.717) is 29.2 Å². The fourth-order valence-electron chi connectivity index (χ4n) is 2.90. The number of amides is 3. The third kappa shape index (κ3) is 7.63. The Labute approximate surface area is 207 Å². The van der Waals surface area contributed by atoms with Gasteiger partial charge in [-0.3, -0.25) is 30.6 Å². The lowest BCUT2D eigenvalue weighted by Gasteiger charge is -2.13. The fraction of sp³-hybridized carbons (Fsp3) is 0.120. The number of rotatable bonds is 8. The van der Waals surface area contributed by atoms with E-state index in [0.717, 1.165) is 0 Å². The van der Waals surface area contributed by atoms with E-state index in [9.17, 15) is 14.4 Å². The molecule has 0 atom stereocenters. The summed E-state index contributed by atoms with van der Waals surface area (Å²) in [6.07, 6.45) is 0. The van der Waals surface area contributed by atoms with Crippen LogP contribution in [0, 0.1) is 0 Å². The second-order valence-electron chi connectivity index (χ2n) is 7.10. The van der Waals surface area contributed by atoms with Gasteiger partial charge in [0.15, 0.2) is 5.11 Å². The highest BCUT2D eigenvalue weighted by atomic mass is 32.1. The summed E-state index contributed by atoms with van der Waals surface area (Å²) in [7, 11) is 1.55. The van der Waals surface area contributed by atoms with Crippen molar-refractivity contribution in [1.82, 2.24) is 16.2 Å². The lowest BCUT2D eigenvalue weighted by Crippen LogP contribution is -2.48. The Bertz CT molecular complexity index is 1190. The highest BCUT2D eigenvalue weighted by Gasteiger charge is 2.14. The number of carbonyl (C=O) groups is 3. The van der Waals surface area contributed by atoms with Crippen molar-refractivity contribution in [1.29, 1.82) is 0 Å². The molecule has 10 heteroatoms. The molecule has 35 heavy (non-hydrogen) atoms. The van der Waals surface area contributed by atoms with Gasteiger partial charge in [0.2, 0.25) is 0 Å². The molecule has 0 aromatic heterocycles. The summed E-state index contributed by atoms with van der Waals surface area (Å²) < 4.78 is 10.5. The van der Waals surface area contributed by atoms with E-state index in [1.165, 1.54) is 0 Å². The maximum absolute atomic E-state index is 12.6. The van der Waals surface area contributed by atoms with Gasteiger partial charge in [0, 0.05) is 23.9 Å². The van der Waals surface area contributed by atoms with E-state index in [1.54, 1.807) is 79.9 Å². The molecule has 3 rings (SSSR count). The summed E-state index contributed by atoms with van der Waals surface area (Å²) in [5, 5.41) is 5.15. The highest BCUT2D eigenvalue weighted by molar-refractivity contribution is 7.80. The smallest absolute Gasteiger partial charge is 0.269 e. The van der Waals surface area contributed by atoms with Gasteiger partial charge in [-0.15, -0.1) is 0 Å². The summed E-state index contributed by atoms with van der Waals surface area (Å²) in [5.74, 6) is -0.848. The van der Waals surface area contributed by atoms with Gasteiger partial charge in [-0.05, 0) is 60.7 Å². The molecule has 3 aromatic rings. The fourth-order valence-corrected chi connectivity index (χ4v) is 3.04. The predicted octanol–water partition coefficient (Wildman–Crippen LogP) is 2.91. The van der Waals surface area contributed by atoms with Crippen LogP contribution in [0.2, 0.25) is 0 Å². The Morgan fingerprint density at radius 3 is 2.11 bits per heavy atom. The van der Waals surface area contributed by atoms with Crippen molar-refractivity contribution in [3.63, 3.8) is 0 Å². The van der Waals surface area contributed by atoms with Crippen LogP contribution in [-0.2, 0) is 4.74 Å². The van der Waals surface area contributed by atoms with Gasteiger partial charge in [-0.1, -0.05) is 30.3 Å². The van der Waals surface area contributed by atoms with Gasteiger partial charge in [-0.25, -0.2) is 0 Å². The van der Waals surface area contributed by atoms with Crippen LogP contribution in [-0.4, -0.2) is 43.2 Å². The zero-order chi connectivity index (χ0) is 25.0. The minimum Gasteiger partial charge on any atom is -0.490 e. The summed E-state index contributed by atoms with van der Waals surface area (Å²) in [4.78, 5) is 37.2. The monoisotopic (exact) mass is 492 g/mol. The normalized spacial score (nSPS) is 10.1. The number of hydrogen-bond donors (Lipinski definition) is 4. The second-order valence-corrected chi connectivity index (χ2v) is 7.51. The van der Waals surface area contributed by atoms with Crippen LogP contribution in [0.15, 0.2) is 78.9 Å². The number of para-hydroxylation sites is 1. The molecule has 3 amide bonds. The molecule has 0 saturated carbocycles. The third-order valence-corrected chi connectivity index (χ3v) is 4.84. The zero-order valence-electron chi connectivity index (χ0n) is 18.9. The standard InChI is InChI=1S/C25H24N4O5S/c1-33-15-16-34-21-10-6-5-9-20(21)24(32)27-25(35)29-28-23(31)18-11-13-19(14-12-18)26-22(30)17-7-3-2-4-8-17/h2-14H,15-16H2,1H3,(H,26,30)(H,28,31)(H2,27,29,32,35). The molecule has 180 valence electrons. The zero-order valence-corrected chi connectivity index (χ0v) is 19.7. The number of methoxy groups -OCH3 is 1. The predicted molar refractivity (Wildman–Crippen MR) is 135 cm³/mol. The topological polar surface area (TPSA) is 118 Å². The molecule has 0 heterocycles. The summed E-state index contributed by atoms with van der Waals surface area (Å²) in [6.45, 7) is 0.663. The molecule has 0 bridgehead atoms. The van der Waals surface area contributed by atoms with Gasteiger partial charge in [-0.2, -0.15) is 0 Å². The van der Waals surface area contributed by atoms with Gasteiger partial charge in [0.25, 0.3) is 17.7 Å². The summed E-state index contributed by atoms with van der Waals surface area (Å²) >= 11 is 5.10. The Balaban J connectivity index is 1.49. The van der Waals surface area contributed by atoms with E-state index in [1.807, 2.05) is 6.07 Å². The van der Waals surface area contributed by atoms with Crippen molar-refractivity contribution in [3.8, 4) is 5.75 Å². The van der Waals surface area contributed by atoms with Crippen molar-refractivity contribution in [2.45, 2.75) is 0 Å². The van der Waals surface area contributed by atoms with Crippen molar-refractivity contribution < 1.29 is 23.9 Å². The Hall–Kier alpha value is -4.28. The summed E-state index contributed by atoms with van der Waals surface area (Å²) in [5.41, 5.74) is 6.58. The number of carbonyl (C=O) groups excluding carboxylic acids is 3. The van der Waals surface area contributed by atoms with Gasteiger partial charge < -0.3 is 14.8 Å². The SMILES string of the molecule is COCCOc1ccccc1C(=O)NC(=S)NNC(=O)c1ccc(NC(=O)c2ccccc2)cc1. The molecule has 0 aliphatic rings. The largest absolute Gasteiger partial charge is 0.490 e. The van der Waals surface area contributed by atoms with E-state index in [-0.39, 0.29) is 23.2 Å². The lowest BCUT2D eigenvalue weighted by atomic mass is 10.1. The molecule has 0 fully saturated rings. The second kappa shape index (κ2) is 12.8. The van der Waals surface area contributed by atoms with E-state index < -0.39 is 11.8 Å². The maximum atomic E-state index is 12.6. The molecule has 0 saturated heterocycles. The van der Waals surface area contributed by atoms with Gasteiger partial charge >= 0.3 is 0 Å². The van der Waals surface area contributed by atoms with Gasteiger partial charge in [0.05, 0.1) is 12.2 Å². The number of nitrogens with one attached hydrogen (secondary N) is 4. The van der Waals surface area contributed by atoms with E-state index >= 15 is 0 Å². The van der Waals surface area contributed by atoms with Crippen LogP contribution >= 0.6 is 12.2 Å². The number of ether oxygens (including phenoxy) is 2. The molecular formula is C25H24N4O5S. The quantitative estimate of drug-likeness (QED) is 0.217. The number of thiocarbonyl (C=S) groups is 1. The number of hydrogen-bond acceptors (Lipinski definition) is 6. The Morgan fingerprint density at radius 1 is 0.743 bits per heavy atom. The van der Waals surface area contributed by atoms with Crippen molar-refractivity contribution in [2.75, 3.05) is 25.6 Å². The van der Waals surface area contributed by atoms with Gasteiger partial charge in [0.1, 0.15) is 12.4 Å². The first kappa shape index (κ1) is 25.3. The van der Waals surface area contributed by atoms with Crippen LogP contribution in [0.4, 0.5) is 5.69 Å². The minimum atomic E-state index is -0.497.